The molecule has 0 radical (unpaired) electrons. The molecule has 1 aromatic rings. The Hall–Kier alpha value is -1.02. The molecule has 1 fully saturated rings. The molecule has 0 bridgehead atoms. The molecule has 1 saturated carbocycles. The minimum Gasteiger partial charge on any atom is -0.497 e. The van der Waals surface area contributed by atoms with E-state index in [0.29, 0.717) is 0 Å². The number of nitrogens with zero attached hydrogens (tertiary/aromatic N) is 2. The van der Waals surface area contributed by atoms with Crippen LogP contribution >= 0.6 is 24.0 Å². The Bertz CT molecular complexity index is 504. The number of benzene rings is 1. The van der Waals surface area contributed by atoms with E-state index in [9.17, 15) is 0 Å². The van der Waals surface area contributed by atoms with Crippen LogP contribution < -0.4 is 10.1 Å². The molecule has 0 spiro atoms. The Morgan fingerprint density at radius 2 is 2.00 bits per heavy atom. The summed E-state index contributed by atoms with van der Waals surface area (Å²) in [6.07, 6.45) is 4.79. The molecule has 0 saturated heterocycles. The first kappa shape index (κ1) is 22.0. The maximum absolute atomic E-state index is 5.69. The van der Waals surface area contributed by atoms with Gasteiger partial charge in [0.15, 0.2) is 5.96 Å². The number of aliphatic imine (C=N–C) groups is 1. The quantitative estimate of drug-likeness (QED) is 0.252. The van der Waals surface area contributed by atoms with E-state index in [-0.39, 0.29) is 24.0 Å². The molecule has 25 heavy (non-hydrogen) atoms. The van der Waals surface area contributed by atoms with E-state index in [1.165, 1.54) is 18.4 Å². The zero-order valence-corrected chi connectivity index (χ0v) is 18.0. The normalized spacial score (nSPS) is 14.0. The van der Waals surface area contributed by atoms with Gasteiger partial charge in [0.1, 0.15) is 5.75 Å². The maximum Gasteiger partial charge on any atom is 0.193 e. The number of aryl methyl sites for hydroxylation is 1. The van der Waals surface area contributed by atoms with Crippen molar-refractivity contribution in [1.29, 1.82) is 0 Å². The smallest absolute Gasteiger partial charge is 0.193 e. The van der Waals surface area contributed by atoms with Crippen molar-refractivity contribution in [3.63, 3.8) is 0 Å². The third kappa shape index (κ3) is 8.76. The van der Waals surface area contributed by atoms with Crippen LogP contribution in [0.25, 0.3) is 0 Å². The van der Waals surface area contributed by atoms with Crippen molar-refractivity contribution in [2.24, 2.45) is 10.9 Å². The highest BCUT2D eigenvalue weighted by molar-refractivity contribution is 14.0. The first-order valence-corrected chi connectivity index (χ1v) is 8.85. The number of rotatable bonds is 10. The number of likely N-dealkylation sites (N-methyl/N-ethyl adjacent to an activating group) is 1. The molecule has 5 nitrogen and oxygen atoms in total. The van der Waals surface area contributed by atoms with Crippen LogP contribution in [0.4, 0.5) is 0 Å². The lowest BCUT2D eigenvalue weighted by Gasteiger charge is -2.22. The lowest BCUT2D eigenvalue weighted by Crippen LogP contribution is -2.41. The first-order chi connectivity index (χ1) is 11.7. The molecule has 0 aromatic heterocycles. The van der Waals surface area contributed by atoms with Crippen molar-refractivity contribution >= 4 is 29.9 Å². The number of nitrogens with one attached hydrogen (secondary N) is 1. The average Bonchev–Trinajstić information content (AvgIpc) is 3.43. The molecule has 0 amide bonds. The fraction of sp³-hybridized carbons (Fsp3) is 0.632. The van der Waals surface area contributed by atoms with Crippen molar-refractivity contribution in [3.8, 4) is 5.75 Å². The summed E-state index contributed by atoms with van der Waals surface area (Å²) in [4.78, 5) is 6.47. The van der Waals surface area contributed by atoms with Gasteiger partial charge in [-0.2, -0.15) is 0 Å². The minimum absolute atomic E-state index is 0. The summed E-state index contributed by atoms with van der Waals surface area (Å²) in [6, 6.07) is 8.27. The van der Waals surface area contributed by atoms with Crippen LogP contribution in [0.1, 0.15) is 24.8 Å². The standard InChI is InChI=1S/C19H31N3O2.HI/c1-20-19(22(2)13-14-24-15-17-6-7-17)21-12-4-5-16-8-10-18(23-3)11-9-16;/h8-11,17H,4-7,12-15H2,1-3H3,(H,20,21);1H. The molecular formula is C19H32IN3O2. The van der Waals surface area contributed by atoms with Crippen LogP contribution in [0.15, 0.2) is 29.3 Å². The van der Waals surface area contributed by atoms with Gasteiger partial charge in [-0.15, -0.1) is 24.0 Å². The fourth-order valence-corrected chi connectivity index (χ4v) is 2.51. The monoisotopic (exact) mass is 461 g/mol. The summed E-state index contributed by atoms with van der Waals surface area (Å²) in [5.74, 6) is 2.66. The second-order valence-corrected chi connectivity index (χ2v) is 6.37. The summed E-state index contributed by atoms with van der Waals surface area (Å²) >= 11 is 0. The van der Waals surface area contributed by atoms with Crippen molar-refractivity contribution in [1.82, 2.24) is 10.2 Å². The lowest BCUT2D eigenvalue weighted by molar-refractivity contribution is 0.115. The molecule has 2 rings (SSSR count). The van der Waals surface area contributed by atoms with E-state index in [1.54, 1.807) is 7.11 Å². The molecule has 0 atom stereocenters. The SMILES string of the molecule is CN=C(NCCCc1ccc(OC)cc1)N(C)CCOCC1CC1.I. The van der Waals surface area contributed by atoms with Crippen molar-refractivity contribution in [3.05, 3.63) is 29.8 Å². The number of methoxy groups -OCH3 is 1. The number of hydrogen-bond donors (Lipinski definition) is 1. The van der Waals surface area contributed by atoms with Gasteiger partial charge >= 0.3 is 0 Å². The van der Waals surface area contributed by atoms with E-state index in [0.717, 1.165) is 56.8 Å². The molecular weight excluding hydrogens is 429 g/mol. The highest BCUT2D eigenvalue weighted by Gasteiger charge is 2.21. The van der Waals surface area contributed by atoms with E-state index >= 15 is 0 Å². The summed E-state index contributed by atoms with van der Waals surface area (Å²) < 4.78 is 10.9. The van der Waals surface area contributed by atoms with Crippen LogP contribution in [0.5, 0.6) is 5.75 Å². The highest BCUT2D eigenvalue weighted by atomic mass is 127. The van der Waals surface area contributed by atoms with Crippen LogP contribution in [0.2, 0.25) is 0 Å². The highest BCUT2D eigenvalue weighted by Crippen LogP contribution is 2.28. The van der Waals surface area contributed by atoms with Gasteiger partial charge in [0.25, 0.3) is 0 Å². The predicted molar refractivity (Wildman–Crippen MR) is 114 cm³/mol. The van der Waals surface area contributed by atoms with Crippen molar-refractivity contribution in [2.45, 2.75) is 25.7 Å². The average molecular weight is 461 g/mol. The second kappa shape index (κ2) is 12.4. The van der Waals surface area contributed by atoms with Gasteiger partial charge in [0.2, 0.25) is 0 Å². The Morgan fingerprint density at radius 1 is 1.28 bits per heavy atom. The van der Waals surface area contributed by atoms with Gasteiger partial charge in [-0.3, -0.25) is 4.99 Å². The van der Waals surface area contributed by atoms with Gasteiger partial charge in [-0.25, -0.2) is 0 Å². The lowest BCUT2D eigenvalue weighted by atomic mass is 10.1. The fourth-order valence-electron chi connectivity index (χ4n) is 2.51. The molecule has 0 heterocycles. The third-order valence-electron chi connectivity index (χ3n) is 4.28. The first-order valence-electron chi connectivity index (χ1n) is 8.85. The zero-order valence-electron chi connectivity index (χ0n) is 15.7. The molecule has 1 aromatic carbocycles. The minimum atomic E-state index is 0. The van der Waals surface area contributed by atoms with Crippen molar-refractivity contribution < 1.29 is 9.47 Å². The van der Waals surface area contributed by atoms with Crippen molar-refractivity contribution in [2.75, 3.05) is 47.5 Å². The second-order valence-electron chi connectivity index (χ2n) is 6.37. The largest absolute Gasteiger partial charge is 0.497 e. The Morgan fingerprint density at radius 3 is 2.60 bits per heavy atom. The van der Waals surface area contributed by atoms with Gasteiger partial charge < -0.3 is 19.7 Å². The number of ether oxygens (including phenoxy) is 2. The van der Waals surface area contributed by atoms with E-state index < -0.39 is 0 Å². The predicted octanol–water partition coefficient (Wildman–Crippen LogP) is 3.18. The Balaban J connectivity index is 0.00000312. The molecule has 1 N–H and O–H groups in total. The summed E-state index contributed by atoms with van der Waals surface area (Å²) in [7, 11) is 5.57. The summed E-state index contributed by atoms with van der Waals surface area (Å²) in [5.41, 5.74) is 1.33. The van der Waals surface area contributed by atoms with E-state index in [2.05, 4.69) is 34.4 Å². The number of halogens is 1. The molecule has 0 unspecified atom stereocenters. The molecule has 1 aliphatic rings. The topological polar surface area (TPSA) is 46.1 Å². The third-order valence-corrected chi connectivity index (χ3v) is 4.28. The van der Waals surface area contributed by atoms with Gasteiger partial charge in [0.05, 0.1) is 13.7 Å². The van der Waals surface area contributed by atoms with Crippen LogP contribution in [0, 0.1) is 5.92 Å². The van der Waals surface area contributed by atoms with Gasteiger partial charge in [-0.1, -0.05) is 12.1 Å². The van der Waals surface area contributed by atoms with E-state index in [4.69, 9.17) is 9.47 Å². The maximum atomic E-state index is 5.69. The summed E-state index contributed by atoms with van der Waals surface area (Å²) in [5, 5.41) is 3.42. The van der Waals surface area contributed by atoms with Crippen LogP contribution in [-0.4, -0.2) is 58.4 Å². The van der Waals surface area contributed by atoms with E-state index in [1.807, 2.05) is 19.2 Å². The van der Waals surface area contributed by atoms with Gasteiger partial charge in [-0.05, 0) is 49.3 Å². The van der Waals surface area contributed by atoms with Crippen LogP contribution in [0.3, 0.4) is 0 Å². The summed E-state index contributed by atoms with van der Waals surface area (Å²) in [6.45, 7) is 3.46. The molecule has 142 valence electrons. The zero-order chi connectivity index (χ0) is 17.2. The van der Waals surface area contributed by atoms with Gasteiger partial charge in [0, 0.05) is 33.8 Å². The molecule has 1 aliphatic carbocycles. The Kier molecular flexibility index (Phi) is 10.9. The Labute approximate surface area is 169 Å². The number of guanidine groups is 1. The molecule has 0 aliphatic heterocycles. The molecule has 6 heteroatoms. The number of hydrogen-bond acceptors (Lipinski definition) is 3. The van der Waals surface area contributed by atoms with Crippen LogP contribution in [-0.2, 0) is 11.2 Å².